The highest BCUT2D eigenvalue weighted by atomic mass is 16.5. The van der Waals surface area contributed by atoms with Crippen molar-refractivity contribution < 1.29 is 19.7 Å². The first kappa shape index (κ1) is 14.6. The number of benzene rings is 2. The first-order valence-electron chi connectivity index (χ1n) is 6.73. The molecule has 0 unspecified atom stereocenters. The van der Waals surface area contributed by atoms with Gasteiger partial charge >= 0.3 is 0 Å². The zero-order valence-corrected chi connectivity index (χ0v) is 12.1. The van der Waals surface area contributed by atoms with E-state index in [9.17, 15) is 15.0 Å². The van der Waals surface area contributed by atoms with Gasteiger partial charge in [0.15, 0.2) is 5.69 Å². The number of aromatic nitrogens is 1. The lowest BCUT2D eigenvalue weighted by atomic mass is 10.2. The first-order chi connectivity index (χ1) is 11.1. The second-order valence-electron chi connectivity index (χ2n) is 4.73. The molecule has 0 aliphatic heterocycles. The molecule has 0 bridgehead atoms. The number of rotatable bonds is 3. The quantitative estimate of drug-likeness (QED) is 0.643. The van der Waals surface area contributed by atoms with Crippen LogP contribution in [-0.2, 0) is 0 Å². The maximum Gasteiger partial charge on any atom is 0.299 e. The van der Waals surface area contributed by atoms with Crippen LogP contribution >= 0.6 is 0 Å². The average molecular weight is 311 g/mol. The maximum absolute atomic E-state index is 12.0. The Kier molecular flexibility index (Phi) is 3.68. The first-order valence-corrected chi connectivity index (χ1v) is 6.73. The van der Waals surface area contributed by atoms with Crippen molar-refractivity contribution in [3.05, 3.63) is 48.0 Å². The number of amides is 1. The number of fused-ring (bicyclic) bond motifs is 1. The molecule has 3 aromatic rings. The van der Waals surface area contributed by atoms with Gasteiger partial charge in [0.2, 0.25) is 5.88 Å². The standard InChI is InChI=1S/C16H13N3O4/c1-23-12-8-4-6-10-13(12)17-16(22)14(10)18-19-15(21)9-5-2-3-7-11(9)20/h2-8,17,20,22H,1H3. The number of para-hydroxylation sites is 2. The fourth-order valence-corrected chi connectivity index (χ4v) is 2.24. The molecule has 3 N–H and O–H groups in total. The zero-order valence-electron chi connectivity index (χ0n) is 12.1. The number of nitrogens with zero attached hydrogens (tertiary/aromatic N) is 2. The number of hydrogen-bond acceptors (Lipinski definition) is 5. The molecule has 7 heteroatoms. The molecule has 3 rings (SSSR count). The number of methoxy groups -OCH3 is 1. The van der Waals surface area contributed by atoms with Gasteiger partial charge < -0.3 is 19.9 Å². The largest absolute Gasteiger partial charge is 0.507 e. The SMILES string of the molecule is COc1cccc2c(N=NC(=O)c3ccccc3O)c(O)[nH]c12. The van der Waals surface area contributed by atoms with Gasteiger partial charge in [0, 0.05) is 5.39 Å². The van der Waals surface area contributed by atoms with Gasteiger partial charge in [0.1, 0.15) is 11.5 Å². The molecule has 0 radical (unpaired) electrons. The second-order valence-corrected chi connectivity index (χ2v) is 4.73. The molecule has 23 heavy (non-hydrogen) atoms. The summed E-state index contributed by atoms with van der Waals surface area (Å²) in [6.07, 6.45) is 0. The highest BCUT2D eigenvalue weighted by Crippen LogP contribution is 2.39. The molecule has 1 amide bonds. The molecule has 0 atom stereocenters. The fourth-order valence-electron chi connectivity index (χ4n) is 2.24. The van der Waals surface area contributed by atoms with Crippen LogP contribution < -0.4 is 4.74 Å². The van der Waals surface area contributed by atoms with Crippen LogP contribution in [0.2, 0.25) is 0 Å². The lowest BCUT2D eigenvalue weighted by Gasteiger charge is -2.00. The molecule has 0 fully saturated rings. The Bertz CT molecular complexity index is 915. The fraction of sp³-hybridized carbons (Fsp3) is 0.0625. The van der Waals surface area contributed by atoms with Gasteiger partial charge in [-0.15, -0.1) is 10.2 Å². The molecule has 0 spiro atoms. The third-order valence-electron chi connectivity index (χ3n) is 3.34. The van der Waals surface area contributed by atoms with Gasteiger partial charge in [-0.2, -0.15) is 0 Å². The van der Waals surface area contributed by atoms with Crippen molar-refractivity contribution in [3.8, 4) is 17.4 Å². The van der Waals surface area contributed by atoms with E-state index in [0.717, 1.165) is 0 Å². The van der Waals surface area contributed by atoms with E-state index in [1.54, 1.807) is 30.3 Å². The normalized spacial score (nSPS) is 11.2. The van der Waals surface area contributed by atoms with Crippen LogP contribution in [0, 0.1) is 0 Å². The van der Waals surface area contributed by atoms with E-state index in [-0.39, 0.29) is 22.9 Å². The molecule has 0 saturated carbocycles. The monoisotopic (exact) mass is 311 g/mol. The van der Waals surface area contributed by atoms with E-state index in [2.05, 4.69) is 15.2 Å². The molecule has 0 saturated heterocycles. The number of phenolic OH excluding ortho intramolecular Hbond substituents is 1. The lowest BCUT2D eigenvalue weighted by Crippen LogP contribution is -1.93. The van der Waals surface area contributed by atoms with Crippen LogP contribution in [0.4, 0.5) is 5.69 Å². The number of azo groups is 1. The topological polar surface area (TPSA) is 107 Å². The Morgan fingerprint density at radius 2 is 1.91 bits per heavy atom. The van der Waals surface area contributed by atoms with Crippen LogP contribution in [0.1, 0.15) is 10.4 Å². The van der Waals surface area contributed by atoms with Crippen molar-refractivity contribution >= 4 is 22.5 Å². The van der Waals surface area contributed by atoms with Crippen molar-refractivity contribution in [2.45, 2.75) is 0 Å². The summed E-state index contributed by atoms with van der Waals surface area (Å²) in [4.78, 5) is 14.7. The van der Waals surface area contributed by atoms with Gasteiger partial charge in [-0.05, 0) is 18.2 Å². The number of carbonyl (C=O) groups excluding carboxylic acids is 1. The van der Waals surface area contributed by atoms with Crippen LogP contribution in [-0.4, -0.2) is 28.2 Å². The number of aromatic amines is 1. The highest BCUT2D eigenvalue weighted by Gasteiger charge is 2.15. The molecule has 7 nitrogen and oxygen atoms in total. The van der Waals surface area contributed by atoms with Crippen molar-refractivity contribution in [2.24, 2.45) is 10.2 Å². The summed E-state index contributed by atoms with van der Waals surface area (Å²) in [5.74, 6) is -0.578. The number of phenols is 1. The Hall–Kier alpha value is -3.35. The van der Waals surface area contributed by atoms with E-state index in [1.165, 1.54) is 19.2 Å². The third kappa shape index (κ3) is 2.59. The van der Waals surface area contributed by atoms with E-state index < -0.39 is 5.91 Å². The van der Waals surface area contributed by atoms with Gasteiger partial charge in [0.25, 0.3) is 5.91 Å². The van der Waals surface area contributed by atoms with Gasteiger partial charge in [-0.1, -0.05) is 24.3 Å². The minimum absolute atomic E-state index is 0.0353. The Morgan fingerprint density at radius 1 is 1.13 bits per heavy atom. The van der Waals surface area contributed by atoms with Crippen molar-refractivity contribution in [3.63, 3.8) is 0 Å². The van der Waals surface area contributed by atoms with E-state index in [1.807, 2.05) is 0 Å². The number of nitrogens with one attached hydrogen (secondary N) is 1. The van der Waals surface area contributed by atoms with Crippen molar-refractivity contribution in [2.75, 3.05) is 7.11 Å². The number of H-pyrrole nitrogens is 1. The summed E-state index contributed by atoms with van der Waals surface area (Å²) in [6.45, 7) is 0. The van der Waals surface area contributed by atoms with Gasteiger partial charge in [-0.3, -0.25) is 4.79 Å². The molecular formula is C16H13N3O4. The molecule has 116 valence electrons. The molecule has 0 aliphatic rings. The van der Waals surface area contributed by atoms with Gasteiger partial charge in [-0.25, -0.2) is 0 Å². The van der Waals surface area contributed by atoms with Crippen LogP contribution in [0.3, 0.4) is 0 Å². The summed E-state index contributed by atoms with van der Waals surface area (Å²) in [6, 6.07) is 11.2. The number of carbonyl (C=O) groups is 1. The minimum Gasteiger partial charge on any atom is -0.507 e. The predicted octanol–water partition coefficient (Wildman–Crippen LogP) is 3.51. The lowest BCUT2D eigenvalue weighted by molar-refractivity contribution is 0.0992. The Balaban J connectivity index is 2.00. The summed E-state index contributed by atoms with van der Waals surface area (Å²) in [5, 5.41) is 27.6. The molecule has 2 aromatic carbocycles. The molecule has 1 aromatic heterocycles. The predicted molar refractivity (Wildman–Crippen MR) is 83.5 cm³/mol. The van der Waals surface area contributed by atoms with E-state index >= 15 is 0 Å². The molecule has 0 aliphatic carbocycles. The third-order valence-corrected chi connectivity index (χ3v) is 3.34. The second kappa shape index (κ2) is 5.80. The van der Waals surface area contributed by atoms with Crippen LogP contribution in [0.15, 0.2) is 52.7 Å². The number of hydrogen-bond donors (Lipinski definition) is 3. The summed E-state index contributed by atoms with van der Waals surface area (Å²) >= 11 is 0. The average Bonchev–Trinajstić information content (AvgIpc) is 2.88. The molecule has 1 heterocycles. The highest BCUT2D eigenvalue weighted by molar-refractivity contribution is 5.99. The van der Waals surface area contributed by atoms with Crippen LogP contribution in [0.5, 0.6) is 17.4 Å². The van der Waals surface area contributed by atoms with Crippen molar-refractivity contribution in [1.29, 1.82) is 0 Å². The van der Waals surface area contributed by atoms with Crippen LogP contribution in [0.25, 0.3) is 10.9 Å². The Labute approximate surface area is 130 Å². The Morgan fingerprint density at radius 3 is 2.65 bits per heavy atom. The van der Waals surface area contributed by atoms with E-state index in [0.29, 0.717) is 16.7 Å². The number of ether oxygens (including phenoxy) is 1. The molecular weight excluding hydrogens is 298 g/mol. The summed E-state index contributed by atoms with van der Waals surface area (Å²) in [5.41, 5.74) is 0.715. The smallest absolute Gasteiger partial charge is 0.299 e. The van der Waals surface area contributed by atoms with E-state index in [4.69, 9.17) is 4.74 Å². The maximum atomic E-state index is 12.0. The summed E-state index contributed by atoms with van der Waals surface area (Å²) < 4.78 is 5.19. The summed E-state index contributed by atoms with van der Waals surface area (Å²) in [7, 11) is 1.51. The number of aromatic hydroxyl groups is 2. The zero-order chi connectivity index (χ0) is 16.4. The van der Waals surface area contributed by atoms with Crippen molar-refractivity contribution in [1.82, 2.24) is 4.98 Å². The van der Waals surface area contributed by atoms with Gasteiger partial charge in [0.05, 0.1) is 18.2 Å². The minimum atomic E-state index is -0.709.